The van der Waals surface area contributed by atoms with Gasteiger partial charge in [-0.3, -0.25) is 4.79 Å². The Bertz CT molecular complexity index is 647. The number of nitrogens with two attached hydrogens (primary N) is 1. The van der Waals surface area contributed by atoms with Crippen molar-refractivity contribution in [1.29, 1.82) is 0 Å². The lowest BCUT2D eigenvalue weighted by molar-refractivity contribution is 0.102. The molecule has 0 unspecified atom stereocenters. The molecule has 1 amide bonds. The molecule has 0 aliphatic carbocycles. The van der Waals surface area contributed by atoms with Crippen LogP contribution in [0.25, 0.3) is 0 Å². The molecular weight excluding hydrogens is 290 g/mol. The SMILES string of the molecule is Nc1ccc(C(=O)Nc2ccc(Cl)c(F)c2)c(Cl)c1. The number of halogens is 3. The van der Waals surface area contributed by atoms with E-state index in [-0.39, 0.29) is 15.6 Å². The van der Waals surface area contributed by atoms with Gasteiger partial charge in [-0.25, -0.2) is 4.39 Å². The number of benzene rings is 2. The van der Waals surface area contributed by atoms with Crippen LogP contribution in [0.5, 0.6) is 0 Å². The smallest absolute Gasteiger partial charge is 0.257 e. The lowest BCUT2D eigenvalue weighted by Gasteiger charge is -2.07. The Labute approximate surface area is 119 Å². The van der Waals surface area contributed by atoms with Crippen molar-refractivity contribution in [2.45, 2.75) is 0 Å². The summed E-state index contributed by atoms with van der Waals surface area (Å²) in [5, 5.41) is 2.74. The molecule has 98 valence electrons. The van der Waals surface area contributed by atoms with Crippen LogP contribution in [0.1, 0.15) is 10.4 Å². The number of carbonyl (C=O) groups excluding carboxylic acids is 1. The van der Waals surface area contributed by atoms with Crippen molar-refractivity contribution in [2.75, 3.05) is 11.1 Å². The third-order valence-electron chi connectivity index (χ3n) is 2.42. The molecule has 0 bridgehead atoms. The molecule has 0 radical (unpaired) electrons. The maximum absolute atomic E-state index is 13.2. The predicted octanol–water partition coefficient (Wildman–Crippen LogP) is 3.97. The van der Waals surface area contributed by atoms with Crippen molar-refractivity contribution in [3.8, 4) is 0 Å². The fourth-order valence-electron chi connectivity index (χ4n) is 1.49. The fourth-order valence-corrected chi connectivity index (χ4v) is 1.88. The van der Waals surface area contributed by atoms with Crippen molar-refractivity contribution >= 4 is 40.5 Å². The van der Waals surface area contributed by atoms with Gasteiger partial charge in [-0.15, -0.1) is 0 Å². The molecule has 0 fully saturated rings. The molecule has 19 heavy (non-hydrogen) atoms. The van der Waals surface area contributed by atoms with Gasteiger partial charge in [-0.05, 0) is 36.4 Å². The zero-order valence-corrected chi connectivity index (χ0v) is 11.1. The van der Waals surface area contributed by atoms with Crippen molar-refractivity contribution < 1.29 is 9.18 Å². The minimum atomic E-state index is -0.608. The molecule has 0 heterocycles. The normalized spacial score (nSPS) is 10.3. The molecule has 2 aromatic carbocycles. The summed E-state index contributed by atoms with van der Waals surface area (Å²) in [6, 6.07) is 8.51. The second kappa shape index (κ2) is 5.47. The van der Waals surface area contributed by atoms with Crippen LogP contribution in [0.4, 0.5) is 15.8 Å². The molecule has 0 aromatic heterocycles. The van der Waals surface area contributed by atoms with Crippen molar-refractivity contribution in [3.63, 3.8) is 0 Å². The van der Waals surface area contributed by atoms with Gasteiger partial charge in [0.05, 0.1) is 15.6 Å². The van der Waals surface area contributed by atoms with Crippen LogP contribution in [0.2, 0.25) is 10.0 Å². The summed E-state index contributed by atoms with van der Waals surface area (Å²) in [6.07, 6.45) is 0. The Balaban J connectivity index is 2.23. The number of nitrogen functional groups attached to an aromatic ring is 1. The first-order chi connectivity index (χ1) is 8.97. The van der Waals surface area contributed by atoms with E-state index in [4.69, 9.17) is 28.9 Å². The number of hydrogen-bond donors (Lipinski definition) is 2. The Morgan fingerprint density at radius 1 is 1.11 bits per heavy atom. The lowest BCUT2D eigenvalue weighted by atomic mass is 10.2. The minimum absolute atomic E-state index is 0.0106. The summed E-state index contributed by atoms with van der Waals surface area (Å²) in [5.74, 6) is -1.06. The van der Waals surface area contributed by atoms with Gasteiger partial charge in [0, 0.05) is 11.4 Å². The van der Waals surface area contributed by atoms with Crippen LogP contribution in [0, 0.1) is 5.82 Å². The van der Waals surface area contributed by atoms with Gasteiger partial charge in [-0.1, -0.05) is 23.2 Å². The molecule has 0 aliphatic heterocycles. The van der Waals surface area contributed by atoms with Gasteiger partial charge in [0.15, 0.2) is 0 Å². The average molecular weight is 299 g/mol. The van der Waals surface area contributed by atoms with E-state index < -0.39 is 11.7 Å². The molecule has 0 saturated heterocycles. The Morgan fingerprint density at radius 3 is 2.47 bits per heavy atom. The van der Waals surface area contributed by atoms with Crippen LogP contribution in [-0.2, 0) is 0 Å². The second-order valence-corrected chi connectivity index (χ2v) is 4.64. The van der Waals surface area contributed by atoms with E-state index in [1.165, 1.54) is 24.3 Å². The highest BCUT2D eigenvalue weighted by Gasteiger charge is 2.11. The van der Waals surface area contributed by atoms with E-state index in [1.54, 1.807) is 6.07 Å². The molecule has 2 aromatic rings. The van der Waals surface area contributed by atoms with Gasteiger partial charge in [0.1, 0.15) is 5.82 Å². The van der Waals surface area contributed by atoms with Crippen LogP contribution in [0.3, 0.4) is 0 Å². The highest BCUT2D eigenvalue weighted by atomic mass is 35.5. The van der Waals surface area contributed by atoms with E-state index in [0.29, 0.717) is 11.4 Å². The van der Waals surface area contributed by atoms with Gasteiger partial charge in [-0.2, -0.15) is 0 Å². The Morgan fingerprint density at radius 2 is 1.84 bits per heavy atom. The van der Waals surface area contributed by atoms with Gasteiger partial charge < -0.3 is 11.1 Å². The van der Waals surface area contributed by atoms with Crippen molar-refractivity contribution in [3.05, 3.63) is 57.8 Å². The van der Waals surface area contributed by atoms with Crippen LogP contribution < -0.4 is 11.1 Å². The maximum Gasteiger partial charge on any atom is 0.257 e. The summed E-state index contributed by atoms with van der Waals surface area (Å²) >= 11 is 11.5. The fraction of sp³-hybridized carbons (Fsp3) is 0. The molecule has 0 aliphatic rings. The van der Waals surface area contributed by atoms with Gasteiger partial charge in [0.2, 0.25) is 0 Å². The number of nitrogens with one attached hydrogen (secondary N) is 1. The third-order valence-corrected chi connectivity index (χ3v) is 3.03. The first-order valence-electron chi connectivity index (χ1n) is 5.29. The van der Waals surface area contributed by atoms with Gasteiger partial charge in [0.25, 0.3) is 5.91 Å². The largest absolute Gasteiger partial charge is 0.399 e. The molecular formula is C13H9Cl2FN2O. The summed E-state index contributed by atoms with van der Waals surface area (Å²) in [6.45, 7) is 0. The second-order valence-electron chi connectivity index (χ2n) is 3.82. The quantitative estimate of drug-likeness (QED) is 0.824. The predicted molar refractivity (Wildman–Crippen MR) is 75.2 cm³/mol. The number of carbonyl (C=O) groups is 1. The van der Waals surface area contributed by atoms with E-state index >= 15 is 0 Å². The summed E-state index contributed by atoms with van der Waals surface area (Å²) < 4.78 is 13.2. The Hall–Kier alpha value is -1.78. The van der Waals surface area contributed by atoms with Crippen LogP contribution >= 0.6 is 23.2 Å². The molecule has 0 atom stereocenters. The highest BCUT2D eigenvalue weighted by Crippen LogP contribution is 2.22. The van der Waals surface area contributed by atoms with E-state index in [9.17, 15) is 9.18 Å². The highest BCUT2D eigenvalue weighted by molar-refractivity contribution is 6.34. The average Bonchev–Trinajstić information content (AvgIpc) is 2.33. The lowest BCUT2D eigenvalue weighted by Crippen LogP contribution is -2.12. The number of anilines is 2. The molecule has 6 heteroatoms. The summed E-state index contributed by atoms with van der Waals surface area (Å²) in [7, 11) is 0. The third kappa shape index (κ3) is 3.16. The molecule has 2 rings (SSSR count). The number of amides is 1. The molecule has 0 spiro atoms. The topological polar surface area (TPSA) is 55.1 Å². The molecule has 0 saturated carbocycles. The number of hydrogen-bond acceptors (Lipinski definition) is 2. The minimum Gasteiger partial charge on any atom is -0.399 e. The summed E-state index contributed by atoms with van der Waals surface area (Å²) in [4.78, 5) is 12.0. The maximum atomic E-state index is 13.2. The van der Waals surface area contributed by atoms with E-state index in [2.05, 4.69) is 5.32 Å². The van der Waals surface area contributed by atoms with Crippen molar-refractivity contribution in [2.24, 2.45) is 0 Å². The van der Waals surface area contributed by atoms with E-state index in [1.807, 2.05) is 0 Å². The van der Waals surface area contributed by atoms with E-state index in [0.717, 1.165) is 6.07 Å². The zero-order chi connectivity index (χ0) is 14.0. The monoisotopic (exact) mass is 298 g/mol. The van der Waals surface area contributed by atoms with Gasteiger partial charge >= 0.3 is 0 Å². The first kappa shape index (κ1) is 13.6. The number of rotatable bonds is 2. The standard InChI is InChI=1S/C13H9Cl2FN2O/c14-10-4-2-8(6-12(10)16)18-13(19)9-3-1-7(17)5-11(9)15/h1-6H,17H2,(H,18,19). The van der Waals surface area contributed by atoms with Crippen LogP contribution in [0.15, 0.2) is 36.4 Å². The molecule has 3 nitrogen and oxygen atoms in total. The Kier molecular flexibility index (Phi) is 3.93. The molecule has 3 N–H and O–H groups in total. The van der Waals surface area contributed by atoms with Crippen LogP contribution in [-0.4, -0.2) is 5.91 Å². The summed E-state index contributed by atoms with van der Waals surface area (Å²) in [5.41, 5.74) is 6.54. The first-order valence-corrected chi connectivity index (χ1v) is 6.04. The van der Waals surface area contributed by atoms with Crippen molar-refractivity contribution in [1.82, 2.24) is 0 Å². The zero-order valence-electron chi connectivity index (χ0n) is 9.58.